The summed E-state index contributed by atoms with van der Waals surface area (Å²) in [5.41, 5.74) is 4.12. The molecule has 2 aromatic rings. The Balaban J connectivity index is 1.56. The fraction of sp³-hybridized carbons (Fsp3) is 0.469. The highest BCUT2D eigenvalue weighted by molar-refractivity contribution is 5.76. The molecule has 1 atom stereocenters. The molecule has 8 nitrogen and oxygen atoms in total. The van der Waals surface area contributed by atoms with Crippen LogP contribution < -0.4 is 10.6 Å². The molecule has 0 radical (unpaired) electrons. The van der Waals surface area contributed by atoms with E-state index in [0.717, 1.165) is 55.7 Å². The second kappa shape index (κ2) is 17.4. The molecule has 0 unspecified atom stereocenters. The number of hydrogen-bond acceptors (Lipinski definition) is 7. The van der Waals surface area contributed by atoms with E-state index in [1.54, 1.807) is 19.2 Å². The van der Waals surface area contributed by atoms with E-state index in [-0.39, 0.29) is 19.6 Å². The molecule has 1 aliphatic rings. The SMILES string of the molecule is C=C(/C=C(\N=CC)c1ccccc1)N[C@@H](CCN(CCCCc1ccc2c(n1)NCCC2)CCOCC(F)(F)F)C(=O)O. The van der Waals surface area contributed by atoms with E-state index < -0.39 is 24.8 Å². The van der Waals surface area contributed by atoms with Gasteiger partial charge in [-0.2, -0.15) is 13.2 Å². The molecule has 2 heterocycles. The van der Waals surface area contributed by atoms with E-state index in [1.807, 2.05) is 41.3 Å². The van der Waals surface area contributed by atoms with Crippen LogP contribution >= 0.6 is 0 Å². The summed E-state index contributed by atoms with van der Waals surface area (Å²) in [6.07, 6.45) is 3.69. The van der Waals surface area contributed by atoms with Crippen molar-refractivity contribution in [3.8, 4) is 0 Å². The van der Waals surface area contributed by atoms with Crippen molar-refractivity contribution < 1.29 is 27.8 Å². The number of hydrogen-bond donors (Lipinski definition) is 3. The number of pyridine rings is 1. The Morgan fingerprint density at radius 3 is 2.72 bits per heavy atom. The van der Waals surface area contributed by atoms with Crippen LogP contribution in [0.2, 0.25) is 0 Å². The first-order chi connectivity index (χ1) is 20.6. The van der Waals surface area contributed by atoms with Crippen molar-refractivity contribution in [2.24, 2.45) is 4.99 Å². The number of anilines is 1. The lowest BCUT2D eigenvalue weighted by atomic mass is 10.1. The minimum Gasteiger partial charge on any atom is -0.480 e. The van der Waals surface area contributed by atoms with E-state index in [2.05, 4.69) is 28.3 Å². The Kier molecular flexibility index (Phi) is 13.7. The number of aliphatic imine (C=N–C) groups is 1. The normalized spacial score (nSPS) is 14.4. The zero-order valence-corrected chi connectivity index (χ0v) is 24.7. The smallest absolute Gasteiger partial charge is 0.411 e. The molecule has 1 aromatic carbocycles. The van der Waals surface area contributed by atoms with Gasteiger partial charge in [-0.25, -0.2) is 9.78 Å². The number of aliphatic carboxylic acids is 1. The molecule has 0 spiro atoms. The van der Waals surface area contributed by atoms with Gasteiger partial charge < -0.3 is 25.4 Å². The van der Waals surface area contributed by atoms with Crippen molar-refractivity contribution >= 4 is 23.7 Å². The third kappa shape index (κ3) is 12.6. The third-order valence-corrected chi connectivity index (χ3v) is 6.97. The summed E-state index contributed by atoms with van der Waals surface area (Å²) < 4.78 is 42.5. The van der Waals surface area contributed by atoms with Gasteiger partial charge in [0.25, 0.3) is 0 Å². The van der Waals surface area contributed by atoms with Crippen LogP contribution in [-0.4, -0.2) is 78.8 Å². The second-order valence-electron chi connectivity index (χ2n) is 10.4. The highest BCUT2D eigenvalue weighted by Gasteiger charge is 2.27. The zero-order chi connectivity index (χ0) is 31.1. The fourth-order valence-corrected chi connectivity index (χ4v) is 4.81. The molecule has 1 aromatic heterocycles. The van der Waals surface area contributed by atoms with Gasteiger partial charge in [0.05, 0.1) is 12.3 Å². The number of alkyl halides is 3. The Morgan fingerprint density at radius 2 is 2.00 bits per heavy atom. The fourth-order valence-electron chi connectivity index (χ4n) is 4.81. The van der Waals surface area contributed by atoms with E-state index in [0.29, 0.717) is 24.5 Å². The topological polar surface area (TPSA) is 99.1 Å². The molecule has 11 heteroatoms. The van der Waals surface area contributed by atoms with Gasteiger partial charge in [0.15, 0.2) is 0 Å². The number of nitrogens with one attached hydrogen (secondary N) is 2. The maximum atomic E-state index is 12.6. The van der Waals surface area contributed by atoms with Crippen molar-refractivity contribution in [3.05, 3.63) is 77.6 Å². The molecular formula is C32H42F3N5O3. The third-order valence-electron chi connectivity index (χ3n) is 6.97. The summed E-state index contributed by atoms with van der Waals surface area (Å²) in [5.74, 6) is -0.0941. The Morgan fingerprint density at radius 1 is 1.21 bits per heavy atom. The monoisotopic (exact) mass is 601 g/mol. The molecule has 0 bridgehead atoms. The minimum atomic E-state index is -4.39. The number of benzene rings is 1. The number of nitrogens with zero attached hydrogens (tertiary/aromatic N) is 3. The molecule has 1 aliphatic heterocycles. The maximum Gasteiger partial charge on any atom is 0.411 e. The molecule has 0 aliphatic carbocycles. The lowest BCUT2D eigenvalue weighted by Crippen LogP contribution is -2.40. The molecule has 0 amide bonds. The van der Waals surface area contributed by atoms with E-state index in [9.17, 15) is 23.1 Å². The highest BCUT2D eigenvalue weighted by Crippen LogP contribution is 2.21. The van der Waals surface area contributed by atoms with Gasteiger partial charge in [-0.05, 0) is 69.7 Å². The number of unbranched alkanes of at least 4 members (excludes halogenated alkanes) is 1. The first-order valence-corrected chi connectivity index (χ1v) is 14.7. The van der Waals surface area contributed by atoms with Crippen LogP contribution in [0.5, 0.6) is 0 Å². The van der Waals surface area contributed by atoms with Crippen LogP contribution in [0, 0.1) is 0 Å². The quantitative estimate of drug-likeness (QED) is 0.114. The van der Waals surface area contributed by atoms with E-state index in [1.165, 1.54) is 5.56 Å². The van der Waals surface area contributed by atoms with Gasteiger partial charge in [0.2, 0.25) is 0 Å². The molecule has 0 fully saturated rings. The van der Waals surface area contributed by atoms with Crippen LogP contribution in [0.15, 0.2) is 65.8 Å². The largest absolute Gasteiger partial charge is 0.480 e. The highest BCUT2D eigenvalue weighted by atomic mass is 19.4. The lowest BCUT2D eigenvalue weighted by molar-refractivity contribution is -0.174. The van der Waals surface area contributed by atoms with Gasteiger partial charge >= 0.3 is 12.1 Å². The van der Waals surface area contributed by atoms with Crippen molar-refractivity contribution in [1.82, 2.24) is 15.2 Å². The predicted octanol–water partition coefficient (Wildman–Crippen LogP) is 5.72. The van der Waals surface area contributed by atoms with E-state index >= 15 is 0 Å². The van der Waals surface area contributed by atoms with Gasteiger partial charge in [-0.3, -0.25) is 4.99 Å². The maximum absolute atomic E-state index is 12.6. The van der Waals surface area contributed by atoms with Crippen LogP contribution in [-0.2, 0) is 22.4 Å². The molecule has 0 saturated heterocycles. The van der Waals surface area contributed by atoms with Crippen LogP contribution in [0.25, 0.3) is 5.70 Å². The van der Waals surface area contributed by atoms with Gasteiger partial charge in [0, 0.05) is 42.8 Å². The summed E-state index contributed by atoms with van der Waals surface area (Å²) in [5, 5.41) is 16.2. The molecule has 0 saturated carbocycles. The van der Waals surface area contributed by atoms with Crippen molar-refractivity contribution in [1.29, 1.82) is 0 Å². The Labute approximate surface area is 251 Å². The Hall–Kier alpha value is -3.70. The Bertz CT molecular complexity index is 1230. The van der Waals surface area contributed by atoms with Gasteiger partial charge in [-0.15, -0.1) is 0 Å². The van der Waals surface area contributed by atoms with Crippen LogP contribution in [0.4, 0.5) is 19.0 Å². The van der Waals surface area contributed by atoms with Crippen molar-refractivity contribution in [3.63, 3.8) is 0 Å². The second-order valence-corrected chi connectivity index (χ2v) is 10.4. The van der Waals surface area contributed by atoms with Gasteiger partial charge in [0.1, 0.15) is 18.5 Å². The molecule has 3 rings (SSSR count). The molecule has 3 N–H and O–H groups in total. The van der Waals surface area contributed by atoms with Crippen LogP contribution in [0.1, 0.15) is 49.4 Å². The number of carboxylic acids is 1. The summed E-state index contributed by atoms with van der Waals surface area (Å²) in [6.45, 7) is 6.48. The minimum absolute atomic E-state index is 0.104. The number of aryl methyl sites for hydroxylation is 2. The number of halogens is 3. The number of aromatic nitrogens is 1. The number of carboxylic acid groups (broad SMARTS) is 1. The summed E-state index contributed by atoms with van der Waals surface area (Å²) in [7, 11) is 0. The first-order valence-electron chi connectivity index (χ1n) is 14.7. The van der Waals surface area contributed by atoms with Crippen LogP contribution in [0.3, 0.4) is 0 Å². The molecule has 234 valence electrons. The number of fused-ring (bicyclic) bond motifs is 1. The number of ether oxygens (including phenoxy) is 1. The van der Waals surface area contributed by atoms with E-state index in [4.69, 9.17) is 9.72 Å². The zero-order valence-electron chi connectivity index (χ0n) is 24.7. The predicted molar refractivity (Wildman–Crippen MR) is 164 cm³/mol. The summed E-state index contributed by atoms with van der Waals surface area (Å²) in [4.78, 5) is 23.1. The molecule has 43 heavy (non-hydrogen) atoms. The average molecular weight is 602 g/mol. The number of carbonyl (C=O) groups is 1. The lowest BCUT2D eigenvalue weighted by Gasteiger charge is -2.25. The van der Waals surface area contributed by atoms with Gasteiger partial charge in [-0.1, -0.05) is 43.0 Å². The summed E-state index contributed by atoms with van der Waals surface area (Å²) in [6, 6.07) is 12.7. The summed E-state index contributed by atoms with van der Waals surface area (Å²) >= 11 is 0. The first kappa shape index (κ1) is 33.8. The number of allylic oxidation sites excluding steroid dienone is 1. The standard InChI is InChI=1S/C32H42F3N5O3/c1-3-36-29(25-10-5-4-6-11-25)22-24(2)38-28(31(41)42)16-19-40(20-21-43-23-32(33,34)35)18-8-7-13-27-15-14-26-12-9-17-37-30(26)39-27/h3-6,10-11,14-15,22,28,38H,2,7-9,12-13,16-21,23H2,1H3,(H,37,39)(H,41,42)/b29-22-,36-3?/t28-/m0/s1. The van der Waals surface area contributed by atoms with Crippen molar-refractivity contribution in [2.45, 2.75) is 57.7 Å². The van der Waals surface area contributed by atoms with Crippen molar-refractivity contribution in [2.75, 3.05) is 44.7 Å². The average Bonchev–Trinajstić information content (AvgIpc) is 2.98. The number of rotatable bonds is 18. The molecular weight excluding hydrogens is 559 g/mol.